The summed E-state index contributed by atoms with van der Waals surface area (Å²) in [6.45, 7) is 1.48. The summed E-state index contributed by atoms with van der Waals surface area (Å²) in [4.78, 5) is 108. The molecule has 0 saturated heterocycles. The van der Waals surface area contributed by atoms with Crippen molar-refractivity contribution in [1.82, 2.24) is 16.0 Å². The van der Waals surface area contributed by atoms with Crippen molar-refractivity contribution >= 4 is 63.1 Å². The van der Waals surface area contributed by atoms with Crippen molar-refractivity contribution in [3.63, 3.8) is 0 Å². The van der Waals surface area contributed by atoms with Gasteiger partial charge in [-0.2, -0.15) is 8.42 Å². The van der Waals surface area contributed by atoms with E-state index in [0.717, 1.165) is 89.9 Å². The van der Waals surface area contributed by atoms with Gasteiger partial charge in [0.1, 0.15) is 18.4 Å². The van der Waals surface area contributed by atoms with Gasteiger partial charge in [-0.3, -0.25) is 47.7 Å². The molecule has 0 aliphatic heterocycles. The lowest BCUT2D eigenvalue weighted by atomic mass is 9.94. The zero-order valence-corrected chi connectivity index (χ0v) is 39.7. The van der Waals surface area contributed by atoms with Crippen LogP contribution in [0.2, 0.25) is 0 Å². The summed E-state index contributed by atoms with van der Waals surface area (Å²) < 4.78 is 43.3. The first-order chi connectivity index (χ1) is 31.3. The molecule has 20 nitrogen and oxygen atoms in total. The third-order valence-electron chi connectivity index (χ3n) is 10.7. The van der Waals surface area contributed by atoms with Crippen molar-refractivity contribution in [2.24, 2.45) is 11.8 Å². The first kappa shape index (κ1) is 61.7. The van der Waals surface area contributed by atoms with Crippen molar-refractivity contribution in [2.75, 3.05) is 45.3 Å². The van der Waals surface area contributed by atoms with E-state index in [1.165, 1.54) is 0 Å². The lowest BCUT2D eigenvalue weighted by Gasteiger charge is -2.19. The van der Waals surface area contributed by atoms with E-state index in [1.807, 2.05) is 6.92 Å². The number of unbranched alkanes of at least 4 members (excludes halogenated alkanes) is 14. The number of hydrogen-bond donors (Lipinski definition) is 7. The molecule has 3 atom stereocenters. The molecule has 0 aliphatic carbocycles. The molecular formula is C45H77N3O17S. The zero-order chi connectivity index (χ0) is 49.6. The van der Waals surface area contributed by atoms with Crippen LogP contribution in [-0.4, -0.2) is 133 Å². The fraction of sp³-hybridized carbons (Fsp3) is 0.800. The number of hydrogen-bond acceptors (Lipinski definition) is 13. The topological polar surface area (TPSA) is 323 Å². The van der Waals surface area contributed by atoms with Gasteiger partial charge in [-0.15, -0.1) is 0 Å². The van der Waals surface area contributed by atoms with E-state index in [4.69, 9.17) is 14.6 Å². The van der Waals surface area contributed by atoms with Gasteiger partial charge in [-0.1, -0.05) is 90.4 Å². The predicted molar refractivity (Wildman–Crippen MR) is 242 cm³/mol. The Kier molecular flexibility index (Phi) is 36.2. The van der Waals surface area contributed by atoms with Gasteiger partial charge in [0.15, 0.2) is 17.3 Å². The molecule has 0 aromatic heterocycles. The normalized spacial score (nSPS) is 12.7. The average Bonchev–Trinajstić information content (AvgIpc) is 3.24. The standard InChI is InChI=1S/C45H77N3O17S/c1-2-3-18-36(49)31-47-41(53)24-21-34(44(57)58)29-37(50)32-65-28-27-64-26-25-46-40(52)23-22-35(45(59)60)30-39(51)38(33-66(61,62)63)48-42(54)19-16-14-12-10-8-6-4-5-7-9-11-13-15-17-20-43(55)56/h34-35,38H,2-33H2,1H3,(H,46,52)(H,47,53)(H,48,54)(H,55,56)(H,57,58)(H,59,60)(H,61,62,63). The van der Waals surface area contributed by atoms with Crippen LogP contribution in [0, 0.1) is 11.8 Å². The molecule has 66 heavy (non-hydrogen) atoms. The Balaban J connectivity index is 4.39. The minimum atomic E-state index is -4.73. The highest BCUT2D eigenvalue weighted by Crippen LogP contribution is 2.17. The number of carbonyl (C=O) groups is 9. The molecule has 0 aromatic rings. The van der Waals surface area contributed by atoms with Gasteiger partial charge in [0.25, 0.3) is 10.1 Å². The third-order valence-corrected chi connectivity index (χ3v) is 11.5. The molecule has 0 rings (SSSR count). The van der Waals surface area contributed by atoms with Gasteiger partial charge >= 0.3 is 17.9 Å². The van der Waals surface area contributed by atoms with Crippen LogP contribution in [-0.2, 0) is 62.7 Å². The van der Waals surface area contributed by atoms with Crippen LogP contribution in [0.15, 0.2) is 0 Å². The number of carbonyl (C=O) groups excluding carboxylic acids is 6. The maximum Gasteiger partial charge on any atom is 0.306 e. The van der Waals surface area contributed by atoms with Gasteiger partial charge in [0.05, 0.1) is 38.2 Å². The van der Waals surface area contributed by atoms with Crippen molar-refractivity contribution in [3.8, 4) is 0 Å². The minimum absolute atomic E-state index is 0.00881. The number of ketones is 3. The summed E-state index contributed by atoms with van der Waals surface area (Å²) in [5.41, 5.74) is 0. The molecule has 7 N–H and O–H groups in total. The molecular weight excluding hydrogens is 887 g/mol. The second kappa shape index (κ2) is 38.7. The van der Waals surface area contributed by atoms with E-state index in [-0.39, 0.29) is 90.2 Å². The maximum atomic E-state index is 13.0. The SMILES string of the molecule is CCCCC(=O)CNC(=O)CCC(CC(=O)COCCOCCNC(=O)CCC(CC(=O)C(CS(=O)(=O)O)NC(=O)CCCCCCCCCCCCCCCCC(=O)O)C(=O)O)C(=O)O. The second-order valence-corrected chi connectivity index (χ2v) is 18.2. The van der Waals surface area contributed by atoms with Crippen LogP contribution in [0.4, 0.5) is 0 Å². The quantitative estimate of drug-likeness (QED) is 0.0324. The fourth-order valence-corrected chi connectivity index (χ4v) is 7.53. The first-order valence-electron chi connectivity index (χ1n) is 23.5. The highest BCUT2D eigenvalue weighted by Gasteiger charge is 2.31. The Morgan fingerprint density at radius 2 is 1.02 bits per heavy atom. The number of rotatable bonds is 46. The predicted octanol–water partition coefficient (Wildman–Crippen LogP) is 4.59. The largest absolute Gasteiger partial charge is 0.481 e. The van der Waals surface area contributed by atoms with E-state index < -0.39 is 87.4 Å². The number of carboxylic acid groups (broad SMARTS) is 3. The number of aliphatic carboxylic acids is 3. The Hall–Kier alpha value is -4.34. The summed E-state index contributed by atoms with van der Waals surface area (Å²) in [6.07, 6.45) is 14.1. The van der Waals surface area contributed by atoms with E-state index in [1.54, 1.807) is 0 Å². The highest BCUT2D eigenvalue weighted by molar-refractivity contribution is 7.85. The highest BCUT2D eigenvalue weighted by atomic mass is 32.2. The number of nitrogens with one attached hydrogen (secondary N) is 3. The molecule has 0 spiro atoms. The van der Waals surface area contributed by atoms with Crippen molar-refractivity contribution in [2.45, 2.75) is 173 Å². The van der Waals surface area contributed by atoms with Gasteiger partial charge in [-0.25, -0.2) is 0 Å². The molecule has 0 aliphatic rings. The Morgan fingerprint density at radius 3 is 1.52 bits per heavy atom. The fourth-order valence-electron chi connectivity index (χ4n) is 6.84. The summed E-state index contributed by atoms with van der Waals surface area (Å²) in [5, 5.41) is 35.1. The molecule has 380 valence electrons. The molecule has 0 bridgehead atoms. The van der Waals surface area contributed by atoms with Crippen molar-refractivity contribution < 1.29 is 80.9 Å². The van der Waals surface area contributed by atoms with Gasteiger partial charge in [-0.05, 0) is 32.1 Å². The minimum Gasteiger partial charge on any atom is -0.481 e. The number of amides is 3. The number of ether oxygens (including phenoxy) is 2. The molecule has 0 heterocycles. The van der Waals surface area contributed by atoms with Crippen LogP contribution < -0.4 is 16.0 Å². The Morgan fingerprint density at radius 1 is 0.530 bits per heavy atom. The lowest BCUT2D eigenvalue weighted by molar-refractivity contribution is -0.145. The monoisotopic (exact) mass is 963 g/mol. The summed E-state index contributed by atoms with van der Waals surface area (Å²) in [7, 11) is -4.73. The van der Waals surface area contributed by atoms with Crippen LogP contribution >= 0.6 is 0 Å². The molecule has 0 aromatic carbocycles. The zero-order valence-electron chi connectivity index (χ0n) is 38.9. The Labute approximate surface area is 389 Å². The molecule has 0 radical (unpaired) electrons. The summed E-state index contributed by atoms with van der Waals surface area (Å²) in [6, 6.07) is -1.68. The number of Topliss-reactive ketones (excluding diaryl/α,β-unsaturated/α-hetero) is 3. The lowest BCUT2D eigenvalue weighted by Crippen LogP contribution is -2.46. The van der Waals surface area contributed by atoms with Gasteiger partial charge < -0.3 is 40.7 Å². The third kappa shape index (κ3) is 37.8. The van der Waals surface area contributed by atoms with E-state index >= 15 is 0 Å². The van der Waals surface area contributed by atoms with Gasteiger partial charge in [0, 0.05) is 51.5 Å². The van der Waals surface area contributed by atoms with Crippen LogP contribution in [0.3, 0.4) is 0 Å². The molecule has 21 heteroatoms. The second-order valence-electron chi connectivity index (χ2n) is 16.7. The van der Waals surface area contributed by atoms with E-state index in [2.05, 4.69) is 16.0 Å². The maximum absolute atomic E-state index is 13.0. The smallest absolute Gasteiger partial charge is 0.306 e. The van der Waals surface area contributed by atoms with Crippen LogP contribution in [0.5, 0.6) is 0 Å². The van der Waals surface area contributed by atoms with Crippen molar-refractivity contribution in [1.29, 1.82) is 0 Å². The molecule has 3 amide bonds. The van der Waals surface area contributed by atoms with E-state index in [9.17, 15) is 66.3 Å². The molecule has 0 fully saturated rings. The summed E-state index contributed by atoms with van der Waals surface area (Å²) in [5.74, 6) is -10.2. The van der Waals surface area contributed by atoms with E-state index in [0.29, 0.717) is 19.3 Å². The van der Waals surface area contributed by atoms with Crippen LogP contribution in [0.25, 0.3) is 0 Å². The van der Waals surface area contributed by atoms with Gasteiger partial charge in [0.2, 0.25) is 17.7 Å². The first-order valence-corrected chi connectivity index (χ1v) is 25.1. The Bertz CT molecular complexity index is 1590. The summed E-state index contributed by atoms with van der Waals surface area (Å²) >= 11 is 0. The average molecular weight is 964 g/mol. The number of carboxylic acids is 3. The molecule has 3 unspecified atom stereocenters. The van der Waals surface area contributed by atoms with Crippen LogP contribution in [0.1, 0.15) is 167 Å². The van der Waals surface area contributed by atoms with Crippen molar-refractivity contribution in [3.05, 3.63) is 0 Å². The molecule has 0 saturated carbocycles.